The van der Waals surface area contributed by atoms with Gasteiger partial charge in [-0.3, -0.25) is 0 Å². The maximum absolute atomic E-state index is 5.94. The van der Waals surface area contributed by atoms with Crippen molar-refractivity contribution in [1.29, 1.82) is 0 Å². The second kappa shape index (κ2) is 5.69. The molecule has 0 aliphatic carbocycles. The number of nitrogens with zero attached hydrogens (tertiary/aromatic N) is 4. The highest BCUT2D eigenvalue weighted by Gasteiger charge is 2.29. The lowest BCUT2D eigenvalue weighted by atomic mass is 10.1. The van der Waals surface area contributed by atoms with Crippen molar-refractivity contribution < 1.29 is 9.47 Å². The Bertz CT molecular complexity index is 628. The van der Waals surface area contributed by atoms with E-state index in [2.05, 4.69) is 15.5 Å². The summed E-state index contributed by atoms with van der Waals surface area (Å²) in [6.45, 7) is 5.28. The molecule has 0 amide bonds. The number of nitrogen functional groups attached to an aromatic ring is 1. The predicted molar refractivity (Wildman–Crippen MR) is 77.9 cm³/mol. The molecule has 112 valence electrons. The molecule has 2 aromatic rings. The van der Waals surface area contributed by atoms with E-state index >= 15 is 0 Å². The molecule has 1 aromatic carbocycles. The molecule has 1 aromatic heterocycles. The van der Waals surface area contributed by atoms with E-state index in [1.807, 2.05) is 30.7 Å². The Morgan fingerprint density at radius 2 is 2.29 bits per heavy atom. The van der Waals surface area contributed by atoms with Gasteiger partial charge in [-0.1, -0.05) is 0 Å². The molecule has 7 nitrogen and oxygen atoms in total. The molecule has 1 saturated heterocycles. The molecule has 0 bridgehead atoms. The van der Waals surface area contributed by atoms with E-state index in [0.717, 1.165) is 24.3 Å². The van der Waals surface area contributed by atoms with Crippen LogP contribution in [0.15, 0.2) is 18.2 Å². The van der Waals surface area contributed by atoms with E-state index in [1.165, 1.54) is 0 Å². The van der Waals surface area contributed by atoms with Crippen LogP contribution in [0.3, 0.4) is 0 Å². The molecule has 7 heteroatoms. The van der Waals surface area contributed by atoms with Gasteiger partial charge in [-0.15, -0.1) is 5.10 Å². The third-order valence-corrected chi connectivity index (χ3v) is 3.64. The third kappa shape index (κ3) is 2.69. The smallest absolute Gasteiger partial charge is 0.182 e. The SMILES string of the molecule is CCOc1cc(N)cc(-c2nnnn2C2CCOC2C)c1. The van der Waals surface area contributed by atoms with Gasteiger partial charge in [-0.05, 0) is 42.8 Å². The minimum atomic E-state index is 0.0969. The zero-order valence-corrected chi connectivity index (χ0v) is 12.2. The average Bonchev–Trinajstić information content (AvgIpc) is 3.06. The number of tetrazole rings is 1. The van der Waals surface area contributed by atoms with E-state index in [9.17, 15) is 0 Å². The van der Waals surface area contributed by atoms with Gasteiger partial charge in [0.25, 0.3) is 0 Å². The van der Waals surface area contributed by atoms with Crippen molar-refractivity contribution in [3.05, 3.63) is 18.2 Å². The van der Waals surface area contributed by atoms with Crippen LogP contribution in [0.25, 0.3) is 11.4 Å². The minimum Gasteiger partial charge on any atom is -0.494 e. The first-order chi connectivity index (χ1) is 10.2. The van der Waals surface area contributed by atoms with Crippen molar-refractivity contribution in [3.63, 3.8) is 0 Å². The monoisotopic (exact) mass is 289 g/mol. The second-order valence-electron chi connectivity index (χ2n) is 5.10. The van der Waals surface area contributed by atoms with Gasteiger partial charge in [-0.25, -0.2) is 4.68 Å². The van der Waals surface area contributed by atoms with E-state index in [4.69, 9.17) is 15.2 Å². The summed E-state index contributed by atoms with van der Waals surface area (Å²) in [6.07, 6.45) is 1.000. The van der Waals surface area contributed by atoms with Crippen LogP contribution in [0.1, 0.15) is 26.3 Å². The van der Waals surface area contributed by atoms with Crippen LogP contribution in [0.2, 0.25) is 0 Å². The first-order valence-corrected chi connectivity index (χ1v) is 7.12. The van der Waals surface area contributed by atoms with Crippen LogP contribution in [-0.2, 0) is 4.74 Å². The predicted octanol–water partition coefficient (Wildman–Crippen LogP) is 1.67. The summed E-state index contributed by atoms with van der Waals surface area (Å²) in [7, 11) is 0. The summed E-state index contributed by atoms with van der Waals surface area (Å²) in [4.78, 5) is 0. The van der Waals surface area contributed by atoms with Gasteiger partial charge in [0.2, 0.25) is 0 Å². The van der Waals surface area contributed by atoms with Crippen LogP contribution in [0.4, 0.5) is 5.69 Å². The van der Waals surface area contributed by atoms with E-state index in [1.54, 1.807) is 6.07 Å². The molecule has 2 unspecified atom stereocenters. The molecule has 0 radical (unpaired) electrons. The number of anilines is 1. The molecule has 21 heavy (non-hydrogen) atoms. The first-order valence-electron chi connectivity index (χ1n) is 7.12. The number of aromatic nitrogens is 4. The molecular weight excluding hydrogens is 270 g/mol. The minimum absolute atomic E-state index is 0.0969. The number of hydrogen-bond acceptors (Lipinski definition) is 6. The van der Waals surface area contributed by atoms with Crippen molar-refractivity contribution >= 4 is 5.69 Å². The summed E-state index contributed by atoms with van der Waals surface area (Å²) >= 11 is 0. The Kier molecular flexibility index (Phi) is 3.74. The molecule has 2 N–H and O–H groups in total. The molecule has 1 aliphatic rings. The van der Waals surface area contributed by atoms with Crippen molar-refractivity contribution in [2.75, 3.05) is 18.9 Å². The molecular formula is C14H19N5O2. The Hall–Kier alpha value is -2.15. The van der Waals surface area contributed by atoms with E-state index in [-0.39, 0.29) is 12.1 Å². The number of rotatable bonds is 4. The van der Waals surface area contributed by atoms with Crippen molar-refractivity contribution in [1.82, 2.24) is 20.2 Å². The molecule has 0 spiro atoms. The van der Waals surface area contributed by atoms with Crippen LogP contribution in [0.5, 0.6) is 5.75 Å². The molecule has 1 aliphatic heterocycles. The van der Waals surface area contributed by atoms with Crippen LogP contribution in [-0.4, -0.2) is 39.5 Å². The summed E-state index contributed by atoms with van der Waals surface area (Å²) in [6, 6.07) is 5.70. The Balaban J connectivity index is 1.99. The average molecular weight is 289 g/mol. The zero-order valence-electron chi connectivity index (χ0n) is 12.2. The largest absolute Gasteiger partial charge is 0.494 e. The summed E-state index contributed by atoms with van der Waals surface area (Å²) in [5.74, 6) is 1.41. The summed E-state index contributed by atoms with van der Waals surface area (Å²) in [5, 5.41) is 12.1. The molecule has 2 heterocycles. The van der Waals surface area contributed by atoms with Crippen molar-refractivity contribution in [3.8, 4) is 17.1 Å². The van der Waals surface area contributed by atoms with Gasteiger partial charge in [0.15, 0.2) is 5.82 Å². The van der Waals surface area contributed by atoms with Crippen molar-refractivity contribution in [2.24, 2.45) is 0 Å². The quantitative estimate of drug-likeness (QED) is 0.861. The van der Waals surface area contributed by atoms with E-state index < -0.39 is 0 Å². The summed E-state index contributed by atoms with van der Waals surface area (Å²) in [5.41, 5.74) is 7.42. The highest BCUT2D eigenvalue weighted by Crippen LogP contribution is 2.31. The molecule has 0 saturated carbocycles. The Labute approximate surface area is 123 Å². The fraction of sp³-hybridized carbons (Fsp3) is 0.500. The Morgan fingerprint density at radius 3 is 3.00 bits per heavy atom. The van der Waals surface area contributed by atoms with Gasteiger partial charge in [0.1, 0.15) is 5.75 Å². The summed E-state index contributed by atoms with van der Waals surface area (Å²) < 4.78 is 13.0. The van der Waals surface area contributed by atoms with Crippen LogP contribution >= 0.6 is 0 Å². The lowest BCUT2D eigenvalue weighted by molar-refractivity contribution is 0.105. The van der Waals surface area contributed by atoms with Crippen LogP contribution in [0, 0.1) is 0 Å². The second-order valence-corrected chi connectivity index (χ2v) is 5.10. The highest BCUT2D eigenvalue weighted by molar-refractivity contribution is 5.64. The Morgan fingerprint density at radius 1 is 1.43 bits per heavy atom. The zero-order chi connectivity index (χ0) is 14.8. The first kappa shape index (κ1) is 13.8. The number of nitrogens with two attached hydrogens (primary N) is 1. The van der Waals surface area contributed by atoms with Gasteiger partial charge in [0, 0.05) is 23.9 Å². The number of ether oxygens (including phenoxy) is 2. The highest BCUT2D eigenvalue weighted by atomic mass is 16.5. The van der Waals surface area contributed by atoms with Gasteiger partial charge in [-0.2, -0.15) is 0 Å². The fourth-order valence-electron chi connectivity index (χ4n) is 2.65. The number of benzene rings is 1. The standard InChI is InChI=1S/C14H19N5O2/c1-3-20-12-7-10(6-11(15)8-12)14-16-17-18-19(14)13-4-5-21-9(13)2/h6-9,13H,3-5,15H2,1-2H3. The maximum Gasteiger partial charge on any atom is 0.182 e. The lowest BCUT2D eigenvalue weighted by Gasteiger charge is -2.16. The van der Waals surface area contributed by atoms with Crippen molar-refractivity contribution in [2.45, 2.75) is 32.4 Å². The van der Waals surface area contributed by atoms with Gasteiger partial charge in [0.05, 0.1) is 18.8 Å². The maximum atomic E-state index is 5.94. The van der Waals surface area contributed by atoms with Gasteiger partial charge >= 0.3 is 0 Å². The number of hydrogen-bond donors (Lipinski definition) is 1. The third-order valence-electron chi connectivity index (χ3n) is 3.64. The normalized spacial score (nSPS) is 21.6. The fourth-order valence-corrected chi connectivity index (χ4v) is 2.65. The molecule has 3 rings (SSSR count). The lowest BCUT2D eigenvalue weighted by Crippen LogP contribution is -2.19. The van der Waals surface area contributed by atoms with E-state index in [0.29, 0.717) is 18.1 Å². The molecule has 2 atom stereocenters. The molecule has 1 fully saturated rings. The topological polar surface area (TPSA) is 88.1 Å². The van der Waals surface area contributed by atoms with Crippen LogP contribution < -0.4 is 10.5 Å². The van der Waals surface area contributed by atoms with Gasteiger partial charge < -0.3 is 15.2 Å².